The smallest absolute Gasteiger partial charge is 0.00264 e. The second-order valence-corrected chi connectivity index (χ2v) is 3.09. The Morgan fingerprint density at radius 3 is 1.92 bits per heavy atom. The minimum Gasteiger partial charge on any atom is -0.0616 e. The van der Waals surface area contributed by atoms with Crippen molar-refractivity contribution < 1.29 is 0 Å². The molecule has 0 heterocycles. The summed E-state index contributed by atoms with van der Waals surface area (Å²) in [5, 5.41) is 0. The van der Waals surface area contributed by atoms with Gasteiger partial charge in [0.15, 0.2) is 0 Å². The predicted octanol–water partition coefficient (Wildman–Crippen LogP) is 2.93. The quantitative estimate of drug-likeness (QED) is 0.544. The largest absolute Gasteiger partial charge is 0.0616 e. The van der Waals surface area contributed by atoms with Crippen LogP contribution in [0, 0.1) is 0 Å². The van der Waals surface area contributed by atoms with Crippen LogP contribution in [0.5, 0.6) is 0 Å². The molecule has 2 aliphatic carbocycles. The van der Waals surface area contributed by atoms with E-state index in [1.807, 2.05) is 0 Å². The van der Waals surface area contributed by atoms with Crippen molar-refractivity contribution in [1.29, 1.82) is 0 Å². The molecule has 0 saturated heterocycles. The zero-order valence-corrected chi connectivity index (χ0v) is 6.62. The van der Waals surface area contributed by atoms with Gasteiger partial charge in [0.2, 0.25) is 0 Å². The van der Waals surface area contributed by atoms with Crippen molar-refractivity contribution in [2.45, 2.75) is 0 Å². The van der Waals surface area contributed by atoms with Gasteiger partial charge in [-0.3, -0.25) is 0 Å². The van der Waals surface area contributed by atoms with Crippen molar-refractivity contribution >= 4 is 5.57 Å². The summed E-state index contributed by atoms with van der Waals surface area (Å²) in [5.41, 5.74) is 5.63. The van der Waals surface area contributed by atoms with E-state index in [9.17, 15) is 0 Å². The Balaban J connectivity index is 2.19. The van der Waals surface area contributed by atoms with Crippen molar-refractivity contribution in [2.75, 3.05) is 0 Å². The minimum absolute atomic E-state index is 1.36. The van der Waals surface area contributed by atoms with Gasteiger partial charge in [-0.05, 0) is 22.3 Å². The number of fused-ring (bicyclic) bond motifs is 1. The van der Waals surface area contributed by atoms with Crippen molar-refractivity contribution in [3.05, 3.63) is 65.3 Å². The predicted molar refractivity (Wildman–Crippen MR) is 50.7 cm³/mol. The van der Waals surface area contributed by atoms with Crippen molar-refractivity contribution in [2.24, 2.45) is 0 Å². The average molecular weight is 152 g/mol. The van der Waals surface area contributed by atoms with Crippen molar-refractivity contribution in [3.8, 4) is 0 Å². The molecule has 0 aliphatic heterocycles. The highest BCUT2D eigenvalue weighted by atomic mass is 14.3. The summed E-state index contributed by atoms with van der Waals surface area (Å²) in [6, 6.07) is 8.54. The van der Waals surface area contributed by atoms with E-state index < -0.39 is 0 Å². The molecule has 0 aromatic heterocycles. The summed E-state index contributed by atoms with van der Waals surface area (Å²) >= 11 is 0. The van der Waals surface area contributed by atoms with Crippen molar-refractivity contribution in [1.82, 2.24) is 0 Å². The Bertz CT molecular complexity index is 392. The molecular weight excluding hydrogens is 144 g/mol. The molecule has 0 radical (unpaired) electrons. The van der Waals surface area contributed by atoms with Gasteiger partial charge in [0.25, 0.3) is 0 Å². The van der Waals surface area contributed by atoms with Crippen LogP contribution in [0.25, 0.3) is 5.57 Å². The molecule has 0 nitrogen and oxygen atoms in total. The van der Waals surface area contributed by atoms with Gasteiger partial charge in [-0.25, -0.2) is 0 Å². The molecule has 0 unspecified atom stereocenters. The van der Waals surface area contributed by atoms with Crippen LogP contribution in [0.3, 0.4) is 0 Å². The number of rotatable bonds is 0. The van der Waals surface area contributed by atoms with Crippen LogP contribution in [0.15, 0.2) is 54.1 Å². The van der Waals surface area contributed by atoms with Crippen LogP contribution in [0.4, 0.5) is 0 Å². The first-order chi connectivity index (χ1) is 5.97. The zero-order valence-electron chi connectivity index (χ0n) is 6.62. The molecule has 2 aliphatic rings. The van der Waals surface area contributed by atoms with Crippen LogP contribution in [0.1, 0.15) is 11.1 Å². The fourth-order valence-electron chi connectivity index (χ4n) is 1.72. The summed E-state index contributed by atoms with van der Waals surface area (Å²) in [4.78, 5) is 0. The highest BCUT2D eigenvalue weighted by Gasteiger charge is 2.25. The van der Waals surface area contributed by atoms with Gasteiger partial charge in [-0.1, -0.05) is 48.6 Å². The highest BCUT2D eigenvalue weighted by Crippen LogP contribution is 2.45. The standard InChI is InChI=1S/C12H8/c1-2-6-9(5-1)12-10-7-3-4-8-11(10)12/h1-8H. The van der Waals surface area contributed by atoms with Gasteiger partial charge in [0.1, 0.15) is 0 Å². The second-order valence-electron chi connectivity index (χ2n) is 3.09. The van der Waals surface area contributed by atoms with Crippen LogP contribution in [0.2, 0.25) is 0 Å². The maximum atomic E-state index is 2.18. The van der Waals surface area contributed by atoms with E-state index in [4.69, 9.17) is 0 Å². The molecular formula is C12H8. The molecule has 0 heteroatoms. The van der Waals surface area contributed by atoms with E-state index in [0.29, 0.717) is 0 Å². The van der Waals surface area contributed by atoms with Crippen LogP contribution >= 0.6 is 0 Å². The lowest BCUT2D eigenvalue weighted by atomic mass is 10.2. The first-order valence-electron chi connectivity index (χ1n) is 4.15. The molecule has 0 atom stereocenters. The molecule has 0 bridgehead atoms. The molecule has 0 saturated carbocycles. The molecule has 1 aromatic rings. The molecule has 3 rings (SSSR count). The molecule has 12 heavy (non-hydrogen) atoms. The van der Waals surface area contributed by atoms with Crippen LogP contribution in [-0.2, 0) is 0 Å². The third kappa shape index (κ3) is 0.668. The van der Waals surface area contributed by atoms with Crippen LogP contribution < -0.4 is 0 Å². The third-order valence-corrected chi connectivity index (χ3v) is 2.35. The van der Waals surface area contributed by atoms with E-state index in [0.717, 1.165) is 0 Å². The Morgan fingerprint density at radius 1 is 0.750 bits per heavy atom. The SMILES string of the molecule is C1=CC(=C2c3ccccc32)C=C1. The van der Waals surface area contributed by atoms with E-state index >= 15 is 0 Å². The topological polar surface area (TPSA) is 0 Å². The number of hydrogen-bond acceptors (Lipinski definition) is 0. The summed E-state index contributed by atoms with van der Waals surface area (Å²) in [7, 11) is 0. The van der Waals surface area contributed by atoms with Gasteiger partial charge < -0.3 is 0 Å². The summed E-state index contributed by atoms with van der Waals surface area (Å²) in [6.45, 7) is 0. The zero-order chi connectivity index (χ0) is 7.97. The lowest BCUT2D eigenvalue weighted by Gasteiger charge is -1.82. The molecule has 56 valence electrons. The van der Waals surface area contributed by atoms with Crippen LogP contribution in [-0.4, -0.2) is 0 Å². The Morgan fingerprint density at radius 2 is 1.33 bits per heavy atom. The lowest BCUT2D eigenvalue weighted by molar-refractivity contribution is 1.77. The molecule has 1 aromatic carbocycles. The van der Waals surface area contributed by atoms with E-state index in [-0.39, 0.29) is 0 Å². The Kier molecular flexibility index (Phi) is 0.991. The molecule has 0 amide bonds. The van der Waals surface area contributed by atoms with E-state index in [2.05, 4.69) is 48.6 Å². The lowest BCUT2D eigenvalue weighted by Crippen LogP contribution is -1.62. The first kappa shape index (κ1) is 6.01. The first-order valence-corrected chi connectivity index (χ1v) is 4.15. The fourth-order valence-corrected chi connectivity index (χ4v) is 1.72. The minimum atomic E-state index is 1.36. The Hall–Kier alpha value is -1.56. The highest BCUT2D eigenvalue weighted by molar-refractivity contribution is 6.03. The molecule has 0 spiro atoms. The Labute approximate surface area is 71.5 Å². The summed E-state index contributed by atoms with van der Waals surface area (Å²) in [5.74, 6) is 0. The summed E-state index contributed by atoms with van der Waals surface area (Å²) < 4.78 is 0. The third-order valence-electron chi connectivity index (χ3n) is 2.35. The summed E-state index contributed by atoms with van der Waals surface area (Å²) in [6.07, 6.45) is 8.49. The fraction of sp³-hybridized carbons (Fsp3) is 0. The van der Waals surface area contributed by atoms with Gasteiger partial charge >= 0.3 is 0 Å². The van der Waals surface area contributed by atoms with Crippen molar-refractivity contribution in [3.63, 3.8) is 0 Å². The van der Waals surface area contributed by atoms with E-state index in [1.54, 1.807) is 0 Å². The van der Waals surface area contributed by atoms with E-state index in [1.165, 1.54) is 22.3 Å². The monoisotopic (exact) mass is 152 g/mol. The number of allylic oxidation sites excluding steroid dienone is 5. The van der Waals surface area contributed by atoms with Gasteiger partial charge in [-0.2, -0.15) is 0 Å². The average Bonchev–Trinajstić information content (AvgIpc) is 2.58. The maximum absolute atomic E-state index is 2.18. The molecule has 0 N–H and O–H groups in total. The normalized spacial score (nSPS) is 17.0. The number of benzene rings is 1. The maximum Gasteiger partial charge on any atom is -0.00264 e. The van der Waals surface area contributed by atoms with Gasteiger partial charge in [0.05, 0.1) is 0 Å². The van der Waals surface area contributed by atoms with Gasteiger partial charge in [0, 0.05) is 0 Å². The second kappa shape index (κ2) is 1.98. The molecule has 0 fully saturated rings. The number of hydrogen-bond donors (Lipinski definition) is 0. The van der Waals surface area contributed by atoms with Gasteiger partial charge in [-0.15, -0.1) is 0 Å².